The van der Waals surface area contributed by atoms with Crippen molar-refractivity contribution in [3.63, 3.8) is 0 Å². The number of hydrogen-bond donors (Lipinski definition) is 0. The highest BCUT2D eigenvalue weighted by Crippen LogP contribution is 2.28. The molecule has 2 aliphatic carbocycles. The summed E-state index contributed by atoms with van der Waals surface area (Å²) >= 11 is 0. The highest BCUT2D eigenvalue weighted by atomic mass is 16.8. The Hall–Kier alpha value is -1.30. The standard InChI is InChI=1S/C19H32O6/c1-3-15-9-11-17(12-10-15)25-19(21)23-14(2)18(22-13-20)24-16-7-5-4-6-8-16/h13-18H,3-12H2,1-2H3. The van der Waals surface area contributed by atoms with Gasteiger partial charge < -0.3 is 18.9 Å². The van der Waals surface area contributed by atoms with Crippen molar-refractivity contribution in [1.82, 2.24) is 0 Å². The zero-order chi connectivity index (χ0) is 18.1. The van der Waals surface area contributed by atoms with Gasteiger partial charge in [-0.2, -0.15) is 0 Å². The molecular weight excluding hydrogens is 324 g/mol. The summed E-state index contributed by atoms with van der Waals surface area (Å²) in [6.07, 6.45) is 8.10. The van der Waals surface area contributed by atoms with Gasteiger partial charge in [-0.1, -0.05) is 32.6 Å². The molecule has 6 heteroatoms. The van der Waals surface area contributed by atoms with Gasteiger partial charge in [-0.05, 0) is 51.4 Å². The second-order valence-corrected chi connectivity index (χ2v) is 7.24. The third kappa shape index (κ3) is 6.84. The van der Waals surface area contributed by atoms with Gasteiger partial charge in [0.1, 0.15) is 6.10 Å². The van der Waals surface area contributed by atoms with Crippen molar-refractivity contribution in [2.75, 3.05) is 0 Å². The minimum Gasteiger partial charge on any atom is -0.434 e. The Balaban J connectivity index is 1.75. The largest absolute Gasteiger partial charge is 0.509 e. The minimum atomic E-state index is -0.885. The van der Waals surface area contributed by atoms with Crippen molar-refractivity contribution in [2.24, 2.45) is 5.92 Å². The highest BCUT2D eigenvalue weighted by Gasteiger charge is 2.30. The molecule has 0 aromatic rings. The van der Waals surface area contributed by atoms with Crippen LogP contribution in [0.25, 0.3) is 0 Å². The summed E-state index contributed by atoms with van der Waals surface area (Å²) in [5.74, 6) is 0.740. The van der Waals surface area contributed by atoms with Crippen molar-refractivity contribution >= 4 is 12.6 Å². The van der Waals surface area contributed by atoms with Crippen LogP contribution < -0.4 is 0 Å². The molecule has 2 fully saturated rings. The molecular formula is C19H32O6. The summed E-state index contributed by atoms with van der Waals surface area (Å²) in [6.45, 7) is 4.19. The molecule has 0 saturated heterocycles. The lowest BCUT2D eigenvalue weighted by molar-refractivity contribution is -0.211. The summed E-state index contributed by atoms with van der Waals surface area (Å²) in [5, 5.41) is 0. The van der Waals surface area contributed by atoms with Crippen LogP contribution >= 0.6 is 0 Å². The Morgan fingerprint density at radius 3 is 2.32 bits per heavy atom. The van der Waals surface area contributed by atoms with Crippen molar-refractivity contribution in [3.05, 3.63) is 0 Å². The average Bonchev–Trinajstić information content (AvgIpc) is 2.62. The zero-order valence-corrected chi connectivity index (χ0v) is 15.5. The van der Waals surface area contributed by atoms with Gasteiger partial charge in [0, 0.05) is 0 Å². The molecule has 144 valence electrons. The normalized spacial score (nSPS) is 27.1. The van der Waals surface area contributed by atoms with Crippen LogP contribution in [0, 0.1) is 5.92 Å². The molecule has 2 rings (SSSR count). The van der Waals surface area contributed by atoms with E-state index in [-0.39, 0.29) is 12.2 Å². The molecule has 0 heterocycles. The Morgan fingerprint density at radius 2 is 1.72 bits per heavy atom. The van der Waals surface area contributed by atoms with Gasteiger partial charge in [-0.25, -0.2) is 4.79 Å². The molecule has 2 atom stereocenters. The fourth-order valence-electron chi connectivity index (χ4n) is 3.73. The van der Waals surface area contributed by atoms with Crippen LogP contribution in [0.15, 0.2) is 0 Å². The highest BCUT2D eigenvalue weighted by molar-refractivity contribution is 5.60. The van der Waals surface area contributed by atoms with E-state index < -0.39 is 18.5 Å². The molecule has 0 bridgehead atoms. The zero-order valence-electron chi connectivity index (χ0n) is 15.5. The van der Waals surface area contributed by atoms with Crippen LogP contribution in [-0.2, 0) is 23.7 Å². The maximum absolute atomic E-state index is 12.0. The first kappa shape index (κ1) is 20.0. The van der Waals surface area contributed by atoms with E-state index >= 15 is 0 Å². The molecule has 0 radical (unpaired) electrons. The molecule has 2 saturated carbocycles. The molecule has 6 nitrogen and oxygen atoms in total. The SMILES string of the molecule is CCC1CCC(OC(=O)OC(C)C(OC=O)OC2CCCCC2)CC1. The number of ether oxygens (including phenoxy) is 4. The summed E-state index contributed by atoms with van der Waals surface area (Å²) in [5.41, 5.74) is 0. The van der Waals surface area contributed by atoms with Crippen molar-refractivity contribution in [2.45, 2.75) is 103 Å². The Kier molecular flexibility index (Phi) is 8.52. The van der Waals surface area contributed by atoms with Crippen LogP contribution in [0.5, 0.6) is 0 Å². The van der Waals surface area contributed by atoms with Gasteiger partial charge in [-0.15, -0.1) is 0 Å². The first-order valence-corrected chi connectivity index (χ1v) is 9.74. The molecule has 25 heavy (non-hydrogen) atoms. The van der Waals surface area contributed by atoms with E-state index in [0.29, 0.717) is 6.47 Å². The fraction of sp³-hybridized carbons (Fsp3) is 0.895. The molecule has 0 amide bonds. The Bertz CT molecular complexity index is 399. The number of rotatable bonds is 8. The Morgan fingerprint density at radius 1 is 1.04 bits per heavy atom. The summed E-state index contributed by atoms with van der Waals surface area (Å²) in [7, 11) is 0. The first-order valence-electron chi connectivity index (χ1n) is 9.74. The van der Waals surface area contributed by atoms with Crippen molar-refractivity contribution < 1.29 is 28.5 Å². The van der Waals surface area contributed by atoms with Gasteiger partial charge in [-0.3, -0.25) is 4.79 Å². The first-order chi connectivity index (χ1) is 12.1. The van der Waals surface area contributed by atoms with Gasteiger partial charge in [0.2, 0.25) is 6.29 Å². The lowest BCUT2D eigenvalue weighted by atomic mass is 9.86. The summed E-state index contributed by atoms with van der Waals surface area (Å²) in [6, 6.07) is 0. The molecule has 0 spiro atoms. The molecule has 0 N–H and O–H groups in total. The van der Waals surface area contributed by atoms with E-state index in [0.717, 1.165) is 57.3 Å². The van der Waals surface area contributed by atoms with E-state index in [2.05, 4.69) is 6.92 Å². The van der Waals surface area contributed by atoms with E-state index in [1.807, 2.05) is 0 Å². The average molecular weight is 356 g/mol. The minimum absolute atomic E-state index is 0.0464. The maximum Gasteiger partial charge on any atom is 0.509 e. The van der Waals surface area contributed by atoms with E-state index in [4.69, 9.17) is 18.9 Å². The van der Waals surface area contributed by atoms with Gasteiger partial charge >= 0.3 is 6.16 Å². The molecule has 2 unspecified atom stereocenters. The van der Waals surface area contributed by atoms with Crippen LogP contribution in [0.3, 0.4) is 0 Å². The van der Waals surface area contributed by atoms with E-state index in [1.165, 1.54) is 12.8 Å². The predicted octanol–water partition coefficient (Wildman–Crippen LogP) is 4.35. The number of hydrogen-bond acceptors (Lipinski definition) is 6. The van der Waals surface area contributed by atoms with Crippen LogP contribution in [-0.4, -0.2) is 37.2 Å². The Labute approximate surface area is 150 Å². The van der Waals surface area contributed by atoms with Gasteiger partial charge in [0.25, 0.3) is 6.47 Å². The van der Waals surface area contributed by atoms with Crippen molar-refractivity contribution in [1.29, 1.82) is 0 Å². The fourth-order valence-corrected chi connectivity index (χ4v) is 3.73. The van der Waals surface area contributed by atoms with Crippen LogP contribution in [0.4, 0.5) is 4.79 Å². The topological polar surface area (TPSA) is 71.1 Å². The second-order valence-electron chi connectivity index (χ2n) is 7.24. The quantitative estimate of drug-likeness (QED) is 0.366. The third-order valence-electron chi connectivity index (χ3n) is 5.37. The summed E-state index contributed by atoms with van der Waals surface area (Å²) in [4.78, 5) is 22.8. The lowest BCUT2D eigenvalue weighted by Gasteiger charge is -2.30. The van der Waals surface area contributed by atoms with Crippen LogP contribution in [0.2, 0.25) is 0 Å². The number of carbonyl (C=O) groups excluding carboxylic acids is 2. The lowest BCUT2D eigenvalue weighted by Crippen LogP contribution is -2.38. The predicted molar refractivity (Wildman–Crippen MR) is 92.0 cm³/mol. The van der Waals surface area contributed by atoms with Gasteiger partial charge in [0.15, 0.2) is 6.10 Å². The maximum atomic E-state index is 12.0. The molecule has 0 aliphatic heterocycles. The second kappa shape index (κ2) is 10.6. The smallest absolute Gasteiger partial charge is 0.434 e. The molecule has 0 aromatic carbocycles. The summed E-state index contributed by atoms with van der Waals surface area (Å²) < 4.78 is 21.5. The van der Waals surface area contributed by atoms with E-state index in [1.54, 1.807) is 6.92 Å². The molecule has 0 aromatic heterocycles. The van der Waals surface area contributed by atoms with Crippen molar-refractivity contribution in [3.8, 4) is 0 Å². The third-order valence-corrected chi connectivity index (χ3v) is 5.37. The van der Waals surface area contributed by atoms with E-state index in [9.17, 15) is 9.59 Å². The monoisotopic (exact) mass is 356 g/mol. The van der Waals surface area contributed by atoms with Crippen LogP contribution in [0.1, 0.15) is 78.1 Å². The molecule has 2 aliphatic rings. The number of carbonyl (C=O) groups is 2. The van der Waals surface area contributed by atoms with Gasteiger partial charge in [0.05, 0.1) is 6.10 Å².